The molecule has 1 heteroatoms. The van der Waals surface area contributed by atoms with Crippen molar-refractivity contribution in [1.29, 1.82) is 0 Å². The van der Waals surface area contributed by atoms with Crippen molar-refractivity contribution in [2.75, 3.05) is 0 Å². The summed E-state index contributed by atoms with van der Waals surface area (Å²) < 4.78 is 0. The van der Waals surface area contributed by atoms with Crippen LogP contribution in [0.1, 0.15) is 206 Å². The van der Waals surface area contributed by atoms with Crippen LogP contribution in [0.15, 0.2) is 0 Å². The molecule has 0 N–H and O–H groups in total. The molecule has 0 amide bonds. The van der Waals surface area contributed by atoms with E-state index in [1.165, 1.54) is 180 Å². The molecular weight excluding hydrogens is 467 g/mol. The van der Waals surface area contributed by atoms with Crippen LogP contribution in [0.25, 0.3) is 0 Å². The fourth-order valence-electron chi connectivity index (χ4n) is 4.74. The molecule has 0 aliphatic heterocycles. The van der Waals surface area contributed by atoms with Gasteiger partial charge in [-0.25, -0.2) is 0 Å². The first-order chi connectivity index (χ1) is 16.8. The van der Waals surface area contributed by atoms with Crippen LogP contribution in [0.2, 0.25) is 0 Å². The molecule has 0 saturated carbocycles. The maximum Gasteiger partial charge on any atom is 2.00 e. The van der Waals surface area contributed by atoms with Crippen molar-refractivity contribution in [2.45, 2.75) is 206 Å². The molecule has 0 atom stereocenters. The largest absolute Gasteiger partial charge is 2.00 e. The van der Waals surface area contributed by atoms with Crippen molar-refractivity contribution in [3.63, 3.8) is 0 Å². The average molecular weight is 538 g/mol. The zero-order chi connectivity index (χ0) is 25.2. The molecule has 0 nitrogen and oxygen atoms in total. The second-order valence-corrected chi connectivity index (χ2v) is 10.9. The van der Waals surface area contributed by atoms with Gasteiger partial charge >= 0.3 is 16.5 Å². The predicted octanol–water partition coefficient (Wildman–Crippen LogP) is 13.4. The molecule has 0 spiro atoms. The van der Waals surface area contributed by atoms with Crippen LogP contribution in [-0.4, -0.2) is 0 Å². The molecule has 0 rings (SSSR count). The van der Waals surface area contributed by atoms with Gasteiger partial charge in [-0.05, 0) is 0 Å². The fourth-order valence-corrected chi connectivity index (χ4v) is 4.74. The molecule has 216 valence electrons. The van der Waals surface area contributed by atoms with E-state index >= 15 is 0 Å². The molecular formula is C34H70Ni. The molecule has 0 unspecified atom stereocenters. The summed E-state index contributed by atoms with van der Waals surface area (Å²) in [6, 6.07) is 0. The minimum absolute atomic E-state index is 0. The maximum absolute atomic E-state index is 3.88. The smallest absolute Gasteiger partial charge is 0.343 e. The third-order valence-electron chi connectivity index (χ3n) is 7.21. The SMILES string of the molecule is [CH2-]CCCCCCCCCCCCCCCC.[CH2-]CCCCCCCCCCCCCCCC.[Ni+2]. The number of unbranched alkanes of at least 4 members (excludes halogenated alkanes) is 28. The van der Waals surface area contributed by atoms with Gasteiger partial charge in [0, 0.05) is 0 Å². The standard InChI is InChI=1S/2C17H35.Ni/c2*1-3-5-7-9-11-13-15-17-16-14-12-10-8-6-4-2;/h2*1,3-17H2,2H3;/q2*-1;+2. The Morgan fingerprint density at radius 2 is 0.400 bits per heavy atom. The van der Waals surface area contributed by atoms with Crippen molar-refractivity contribution in [3.05, 3.63) is 13.8 Å². The van der Waals surface area contributed by atoms with Gasteiger partial charge in [0.15, 0.2) is 0 Å². The Hall–Kier alpha value is 0.494. The molecule has 0 saturated heterocycles. The van der Waals surface area contributed by atoms with Crippen LogP contribution in [0.4, 0.5) is 0 Å². The molecule has 0 aromatic rings. The van der Waals surface area contributed by atoms with Gasteiger partial charge in [-0.2, -0.15) is 12.8 Å². The van der Waals surface area contributed by atoms with Gasteiger partial charge in [-0.1, -0.05) is 194 Å². The van der Waals surface area contributed by atoms with Gasteiger partial charge in [0.25, 0.3) is 0 Å². The molecule has 0 aliphatic carbocycles. The molecule has 0 heterocycles. The van der Waals surface area contributed by atoms with E-state index in [4.69, 9.17) is 0 Å². The van der Waals surface area contributed by atoms with E-state index in [1.54, 1.807) is 0 Å². The zero-order valence-electron chi connectivity index (χ0n) is 24.9. The summed E-state index contributed by atoms with van der Waals surface area (Å²) in [6.07, 6.45) is 42.7. The predicted molar refractivity (Wildman–Crippen MR) is 161 cm³/mol. The molecule has 0 aliphatic rings. The van der Waals surface area contributed by atoms with Crippen LogP contribution >= 0.6 is 0 Å². The van der Waals surface area contributed by atoms with Crippen LogP contribution in [0.3, 0.4) is 0 Å². The molecule has 0 aromatic carbocycles. The molecule has 0 bridgehead atoms. The molecule has 0 aromatic heterocycles. The Morgan fingerprint density at radius 3 is 0.543 bits per heavy atom. The van der Waals surface area contributed by atoms with Gasteiger partial charge in [0.05, 0.1) is 0 Å². The number of hydrogen-bond acceptors (Lipinski definition) is 0. The van der Waals surface area contributed by atoms with E-state index in [9.17, 15) is 0 Å². The average Bonchev–Trinajstić information content (AvgIpc) is 2.85. The first kappa shape index (κ1) is 40.0. The van der Waals surface area contributed by atoms with E-state index in [2.05, 4.69) is 27.7 Å². The zero-order valence-corrected chi connectivity index (χ0v) is 25.9. The van der Waals surface area contributed by atoms with Crippen molar-refractivity contribution < 1.29 is 16.5 Å². The third kappa shape index (κ3) is 44.9. The molecule has 0 fully saturated rings. The summed E-state index contributed by atoms with van der Waals surface area (Å²) in [4.78, 5) is 0. The Balaban J connectivity index is -0.000000569. The first-order valence-corrected chi connectivity index (χ1v) is 16.4. The Bertz CT molecular complexity index is 243. The van der Waals surface area contributed by atoms with Crippen LogP contribution in [0, 0.1) is 13.8 Å². The van der Waals surface area contributed by atoms with Gasteiger partial charge in [-0.3, -0.25) is 0 Å². The summed E-state index contributed by atoms with van der Waals surface area (Å²) in [5, 5.41) is 0. The number of rotatable bonds is 28. The van der Waals surface area contributed by atoms with E-state index in [0.29, 0.717) is 0 Å². The Kier molecular flexibility index (Phi) is 47.6. The van der Waals surface area contributed by atoms with E-state index < -0.39 is 0 Å². The van der Waals surface area contributed by atoms with Gasteiger partial charge in [0.2, 0.25) is 0 Å². The second-order valence-electron chi connectivity index (χ2n) is 10.9. The van der Waals surface area contributed by atoms with Gasteiger partial charge in [0.1, 0.15) is 0 Å². The summed E-state index contributed by atoms with van der Waals surface area (Å²) in [6.45, 7) is 12.3. The topological polar surface area (TPSA) is 0 Å². The van der Waals surface area contributed by atoms with Gasteiger partial charge in [-0.15, -0.1) is 0 Å². The van der Waals surface area contributed by atoms with Crippen molar-refractivity contribution in [2.24, 2.45) is 0 Å². The first-order valence-electron chi connectivity index (χ1n) is 16.4. The molecule has 0 radical (unpaired) electrons. The fraction of sp³-hybridized carbons (Fsp3) is 0.941. The van der Waals surface area contributed by atoms with Crippen molar-refractivity contribution in [3.8, 4) is 0 Å². The van der Waals surface area contributed by atoms with Crippen molar-refractivity contribution >= 4 is 0 Å². The quantitative estimate of drug-likeness (QED) is 0.0529. The van der Waals surface area contributed by atoms with Crippen LogP contribution in [-0.2, 0) is 16.5 Å². The van der Waals surface area contributed by atoms with Crippen LogP contribution < -0.4 is 0 Å². The summed E-state index contributed by atoms with van der Waals surface area (Å²) in [7, 11) is 0. The molecule has 35 heavy (non-hydrogen) atoms. The summed E-state index contributed by atoms with van der Waals surface area (Å²) >= 11 is 0. The Labute approximate surface area is 236 Å². The van der Waals surface area contributed by atoms with Crippen LogP contribution in [0.5, 0.6) is 0 Å². The summed E-state index contributed by atoms with van der Waals surface area (Å²) in [5.41, 5.74) is 0. The number of hydrogen-bond donors (Lipinski definition) is 0. The maximum atomic E-state index is 3.88. The third-order valence-corrected chi connectivity index (χ3v) is 7.21. The normalized spacial score (nSPS) is 10.6. The monoisotopic (exact) mass is 536 g/mol. The van der Waals surface area contributed by atoms with E-state index in [1.807, 2.05) is 0 Å². The minimum Gasteiger partial charge on any atom is -0.343 e. The second kappa shape index (κ2) is 41.6. The van der Waals surface area contributed by atoms with Crippen molar-refractivity contribution in [1.82, 2.24) is 0 Å². The minimum atomic E-state index is 0. The Morgan fingerprint density at radius 1 is 0.257 bits per heavy atom. The summed E-state index contributed by atoms with van der Waals surface area (Å²) in [5.74, 6) is 0. The van der Waals surface area contributed by atoms with E-state index in [-0.39, 0.29) is 16.5 Å². The van der Waals surface area contributed by atoms with Gasteiger partial charge < -0.3 is 13.8 Å². The van der Waals surface area contributed by atoms with E-state index in [0.717, 1.165) is 12.8 Å².